The van der Waals surface area contributed by atoms with Crippen molar-refractivity contribution < 1.29 is 9.53 Å². The molecular weight excluding hydrogens is 384 g/mol. The Morgan fingerprint density at radius 3 is 2.66 bits per heavy atom. The normalized spacial score (nSPS) is 11.9. The van der Waals surface area contributed by atoms with Crippen LogP contribution in [0.5, 0.6) is 5.75 Å². The van der Waals surface area contributed by atoms with Gasteiger partial charge in [-0.05, 0) is 55.7 Å². The first-order valence-corrected chi connectivity index (χ1v) is 10.6. The first-order valence-electron chi connectivity index (χ1n) is 9.60. The number of benzene rings is 2. The molecule has 0 saturated carbocycles. The molecule has 6 nitrogen and oxygen atoms in total. The second kappa shape index (κ2) is 9.60. The van der Waals surface area contributed by atoms with Crippen molar-refractivity contribution in [3.63, 3.8) is 0 Å². The second-order valence-corrected chi connectivity index (χ2v) is 7.81. The number of anilines is 1. The maximum Gasteiger partial charge on any atom is 0.234 e. The predicted octanol–water partition coefficient (Wildman–Crippen LogP) is 4.56. The molecule has 152 valence electrons. The summed E-state index contributed by atoms with van der Waals surface area (Å²) in [6.45, 7) is 6.06. The van der Waals surface area contributed by atoms with Gasteiger partial charge in [0.1, 0.15) is 5.75 Å². The van der Waals surface area contributed by atoms with Gasteiger partial charge in [-0.1, -0.05) is 43.0 Å². The molecule has 1 atom stereocenters. The molecule has 0 bridgehead atoms. The van der Waals surface area contributed by atoms with E-state index in [-0.39, 0.29) is 17.8 Å². The number of rotatable bonds is 8. The van der Waals surface area contributed by atoms with Gasteiger partial charge in [-0.3, -0.25) is 4.79 Å². The van der Waals surface area contributed by atoms with Crippen LogP contribution in [-0.2, 0) is 18.3 Å². The smallest absolute Gasteiger partial charge is 0.234 e. The van der Waals surface area contributed by atoms with Crippen molar-refractivity contribution in [1.29, 1.82) is 0 Å². The minimum Gasteiger partial charge on any atom is -0.483 e. The zero-order valence-corrected chi connectivity index (χ0v) is 18.0. The molecule has 0 radical (unpaired) electrons. The van der Waals surface area contributed by atoms with E-state index in [1.54, 1.807) is 0 Å². The second-order valence-electron chi connectivity index (χ2n) is 6.86. The summed E-state index contributed by atoms with van der Waals surface area (Å²) in [7, 11) is 1.89. The van der Waals surface area contributed by atoms with Crippen molar-refractivity contribution in [3.8, 4) is 5.75 Å². The van der Waals surface area contributed by atoms with E-state index in [4.69, 9.17) is 4.74 Å². The zero-order valence-electron chi connectivity index (χ0n) is 17.2. The Labute approximate surface area is 175 Å². The lowest BCUT2D eigenvalue weighted by atomic mass is 10.2. The van der Waals surface area contributed by atoms with E-state index in [9.17, 15) is 4.79 Å². The van der Waals surface area contributed by atoms with Gasteiger partial charge >= 0.3 is 0 Å². The van der Waals surface area contributed by atoms with Gasteiger partial charge in [0.05, 0.1) is 5.75 Å². The molecule has 1 amide bonds. The molecule has 1 aromatic heterocycles. The Hall–Kier alpha value is -2.80. The van der Waals surface area contributed by atoms with Crippen molar-refractivity contribution in [2.24, 2.45) is 7.05 Å². The van der Waals surface area contributed by atoms with Crippen LogP contribution in [-0.4, -0.2) is 26.4 Å². The Morgan fingerprint density at radius 2 is 1.97 bits per heavy atom. The van der Waals surface area contributed by atoms with Crippen molar-refractivity contribution >= 4 is 23.4 Å². The van der Waals surface area contributed by atoms with Gasteiger partial charge in [-0.25, -0.2) is 0 Å². The highest BCUT2D eigenvalue weighted by molar-refractivity contribution is 7.99. The van der Waals surface area contributed by atoms with E-state index in [1.807, 2.05) is 61.9 Å². The summed E-state index contributed by atoms with van der Waals surface area (Å²) in [5.41, 5.74) is 3.17. The molecule has 3 aromatic rings. The van der Waals surface area contributed by atoms with Crippen LogP contribution in [0.25, 0.3) is 0 Å². The lowest BCUT2D eigenvalue weighted by Gasteiger charge is -2.14. The van der Waals surface area contributed by atoms with Crippen LogP contribution in [0.1, 0.15) is 36.9 Å². The fraction of sp³-hybridized carbons (Fsp3) is 0.318. The number of carbonyl (C=O) groups excluding carboxylic acids is 1. The van der Waals surface area contributed by atoms with Crippen LogP contribution < -0.4 is 10.1 Å². The monoisotopic (exact) mass is 410 g/mol. The lowest BCUT2D eigenvalue weighted by Crippen LogP contribution is -2.15. The Balaban J connectivity index is 1.57. The summed E-state index contributed by atoms with van der Waals surface area (Å²) in [6, 6.07) is 15.8. The van der Waals surface area contributed by atoms with Gasteiger partial charge in [0.15, 0.2) is 17.1 Å². The molecule has 0 fully saturated rings. The maximum absolute atomic E-state index is 12.2. The minimum absolute atomic E-state index is 0.0783. The number of aromatic nitrogens is 3. The molecule has 0 spiro atoms. The highest BCUT2D eigenvalue weighted by Gasteiger charge is 2.18. The summed E-state index contributed by atoms with van der Waals surface area (Å²) in [4.78, 5) is 12.2. The van der Waals surface area contributed by atoms with Gasteiger partial charge in [-0.2, -0.15) is 0 Å². The molecule has 1 heterocycles. The van der Waals surface area contributed by atoms with Crippen LogP contribution in [0.3, 0.4) is 0 Å². The number of hydrogen-bond acceptors (Lipinski definition) is 5. The van der Waals surface area contributed by atoms with Gasteiger partial charge in [0, 0.05) is 12.7 Å². The van der Waals surface area contributed by atoms with E-state index in [2.05, 4.69) is 34.6 Å². The number of nitrogens with one attached hydrogen (secondary N) is 1. The predicted molar refractivity (Wildman–Crippen MR) is 116 cm³/mol. The number of hydrogen-bond donors (Lipinski definition) is 1. The fourth-order valence-corrected chi connectivity index (χ4v) is 3.63. The molecule has 0 aliphatic rings. The number of carbonyl (C=O) groups is 1. The average Bonchev–Trinajstić information content (AvgIpc) is 3.07. The number of nitrogens with zero attached hydrogens (tertiary/aromatic N) is 3. The third-order valence-electron chi connectivity index (χ3n) is 4.51. The molecule has 1 N–H and O–H groups in total. The van der Waals surface area contributed by atoms with Crippen LogP contribution in [0.4, 0.5) is 5.69 Å². The van der Waals surface area contributed by atoms with E-state index in [0.717, 1.165) is 23.4 Å². The molecule has 7 heteroatoms. The molecular formula is C22H26N4O2S. The van der Waals surface area contributed by atoms with Crippen LogP contribution in [0.2, 0.25) is 0 Å². The summed E-state index contributed by atoms with van der Waals surface area (Å²) in [5.74, 6) is 1.69. The summed E-state index contributed by atoms with van der Waals surface area (Å²) in [5, 5.41) is 12.0. The molecule has 1 unspecified atom stereocenters. The van der Waals surface area contributed by atoms with Gasteiger partial charge < -0.3 is 14.6 Å². The largest absolute Gasteiger partial charge is 0.483 e. The molecule has 0 saturated heterocycles. The molecule has 0 aliphatic heterocycles. The Morgan fingerprint density at radius 1 is 1.21 bits per heavy atom. The summed E-state index contributed by atoms with van der Waals surface area (Å²) < 4.78 is 7.87. The molecule has 0 aliphatic carbocycles. The van der Waals surface area contributed by atoms with E-state index in [1.165, 1.54) is 17.3 Å². The SMILES string of the molecule is CCc1ccc(OC(C)c2nnc(SCC(=O)Nc3cccc(C)c3)n2C)cc1. The number of ether oxygens (including phenoxy) is 1. The molecule has 3 rings (SSSR count). The van der Waals surface area contributed by atoms with Gasteiger partial charge in [-0.15, -0.1) is 10.2 Å². The van der Waals surface area contributed by atoms with E-state index >= 15 is 0 Å². The highest BCUT2D eigenvalue weighted by Crippen LogP contribution is 2.24. The third-order valence-corrected chi connectivity index (χ3v) is 5.53. The molecule has 2 aromatic carbocycles. The van der Waals surface area contributed by atoms with Crippen molar-refractivity contribution in [2.75, 3.05) is 11.1 Å². The van der Waals surface area contributed by atoms with Gasteiger partial charge in [0.2, 0.25) is 5.91 Å². The fourth-order valence-electron chi connectivity index (χ4n) is 2.92. The standard InChI is InChI=1S/C22H26N4O2S/c1-5-17-9-11-19(12-10-17)28-16(3)21-24-25-22(26(21)4)29-14-20(27)23-18-8-6-7-15(2)13-18/h6-13,16H,5,14H2,1-4H3,(H,23,27). The van der Waals surface area contributed by atoms with Crippen molar-refractivity contribution in [1.82, 2.24) is 14.8 Å². The zero-order chi connectivity index (χ0) is 20.8. The third kappa shape index (κ3) is 5.60. The van der Waals surface area contributed by atoms with Gasteiger partial charge in [0.25, 0.3) is 0 Å². The Bertz CT molecular complexity index is 969. The topological polar surface area (TPSA) is 69.0 Å². The lowest BCUT2D eigenvalue weighted by molar-refractivity contribution is -0.113. The molecule has 29 heavy (non-hydrogen) atoms. The highest BCUT2D eigenvalue weighted by atomic mass is 32.2. The first-order chi connectivity index (χ1) is 14.0. The van der Waals surface area contributed by atoms with Crippen molar-refractivity contribution in [3.05, 3.63) is 65.5 Å². The number of amides is 1. The maximum atomic E-state index is 12.2. The van der Waals surface area contributed by atoms with Crippen LogP contribution >= 0.6 is 11.8 Å². The van der Waals surface area contributed by atoms with E-state index < -0.39 is 0 Å². The van der Waals surface area contributed by atoms with Crippen LogP contribution in [0.15, 0.2) is 53.7 Å². The minimum atomic E-state index is -0.254. The average molecular weight is 411 g/mol. The quantitative estimate of drug-likeness (QED) is 0.552. The van der Waals surface area contributed by atoms with Crippen LogP contribution in [0, 0.1) is 6.92 Å². The number of aryl methyl sites for hydroxylation is 2. The number of thioether (sulfide) groups is 1. The summed E-state index contributed by atoms with van der Waals surface area (Å²) in [6.07, 6.45) is 0.743. The summed E-state index contributed by atoms with van der Waals surface area (Å²) >= 11 is 1.35. The Kier molecular flexibility index (Phi) is 6.93. The first kappa shape index (κ1) is 20.9. The van der Waals surface area contributed by atoms with Crippen molar-refractivity contribution in [2.45, 2.75) is 38.5 Å². The van der Waals surface area contributed by atoms with E-state index in [0.29, 0.717) is 11.0 Å².